The lowest BCUT2D eigenvalue weighted by molar-refractivity contribution is -0.196. The first-order valence-electron chi connectivity index (χ1n) is 13.6. The van der Waals surface area contributed by atoms with Gasteiger partial charge in [-0.1, -0.05) is 6.58 Å². The van der Waals surface area contributed by atoms with Crippen molar-refractivity contribution < 1.29 is 49.9 Å². The fourth-order valence-corrected chi connectivity index (χ4v) is 7.99. The number of carbonyl (C=O) groups is 2. The number of alkyl halides is 3. The van der Waals surface area contributed by atoms with Crippen molar-refractivity contribution in [2.24, 2.45) is 17.3 Å². The molecule has 5 fully saturated rings. The number of halogens is 3. The molecule has 0 heterocycles. The third-order valence-corrected chi connectivity index (χ3v) is 9.66. The monoisotopic (exact) mass is 586 g/mol. The summed E-state index contributed by atoms with van der Waals surface area (Å²) in [7, 11) is -4.30. The number of rotatable bonds is 9. The Morgan fingerprint density at radius 1 is 1.10 bits per heavy atom. The zero-order chi connectivity index (χ0) is 29.0. The molecule has 2 atom stereocenters. The molecule has 5 aliphatic carbocycles. The second kappa shape index (κ2) is 10.0. The summed E-state index contributed by atoms with van der Waals surface area (Å²) in [6.45, 7) is 3.27. The second-order valence-corrected chi connectivity index (χ2v) is 13.6. The van der Waals surface area contributed by atoms with Crippen LogP contribution in [0.5, 0.6) is 5.75 Å². The highest BCUT2D eigenvalue weighted by molar-refractivity contribution is 7.85. The number of benzene rings is 1. The maximum absolute atomic E-state index is 13.8. The molecular formula is C28H33F3O8S. The van der Waals surface area contributed by atoms with E-state index in [1.165, 1.54) is 6.08 Å². The third kappa shape index (κ3) is 5.74. The van der Waals surface area contributed by atoms with Crippen LogP contribution in [0.4, 0.5) is 13.2 Å². The lowest BCUT2D eigenvalue weighted by Gasteiger charge is -2.59. The highest BCUT2D eigenvalue weighted by Gasteiger charge is 2.63. The molecule has 40 heavy (non-hydrogen) atoms. The van der Waals surface area contributed by atoms with Gasteiger partial charge in [-0.25, -0.2) is 4.79 Å². The SMILES string of the molecule is C=CC1(Oc2cc(C(=O)OC34CC5CC(C3)CC(C(=O)OCCS(=O)(=O)O)(C5)C4)ccc2C(F)(F)F)CCCC1. The first-order chi connectivity index (χ1) is 18.7. The van der Waals surface area contributed by atoms with Gasteiger partial charge in [0.15, 0.2) is 0 Å². The van der Waals surface area contributed by atoms with Crippen LogP contribution in [-0.4, -0.2) is 48.5 Å². The van der Waals surface area contributed by atoms with Crippen LogP contribution in [0.2, 0.25) is 0 Å². The average Bonchev–Trinajstić information content (AvgIpc) is 3.30. The second-order valence-electron chi connectivity index (χ2n) is 12.0. The molecule has 0 radical (unpaired) electrons. The van der Waals surface area contributed by atoms with Gasteiger partial charge in [0.05, 0.1) is 16.5 Å². The molecule has 0 spiro atoms. The molecule has 0 amide bonds. The van der Waals surface area contributed by atoms with Crippen molar-refractivity contribution in [3.8, 4) is 5.75 Å². The topological polar surface area (TPSA) is 116 Å². The first-order valence-corrected chi connectivity index (χ1v) is 15.2. The Balaban J connectivity index is 1.37. The number of hydrogen-bond donors (Lipinski definition) is 1. The zero-order valence-corrected chi connectivity index (χ0v) is 22.8. The quantitative estimate of drug-likeness (QED) is 0.229. The Kier molecular flexibility index (Phi) is 7.26. The van der Waals surface area contributed by atoms with Crippen molar-refractivity contribution in [2.75, 3.05) is 12.4 Å². The highest BCUT2D eigenvalue weighted by Crippen LogP contribution is 2.63. The van der Waals surface area contributed by atoms with E-state index in [4.69, 9.17) is 18.8 Å². The molecule has 1 aromatic rings. The molecule has 0 aliphatic heterocycles. The van der Waals surface area contributed by atoms with Gasteiger partial charge in [-0.2, -0.15) is 21.6 Å². The van der Waals surface area contributed by atoms with Gasteiger partial charge in [-0.05, 0) is 93.9 Å². The predicted molar refractivity (Wildman–Crippen MR) is 136 cm³/mol. The standard InChI is InChI=1S/C28H33F3O8S/c1-2-26(7-3-4-8-26)38-22-12-20(5-6-21(22)28(29,30)31)23(32)39-27-15-18-11-19(16-27)14-25(13-18,17-27)24(33)37-9-10-40(34,35)36/h2,5-6,12,18-19H,1,3-4,7-11,13-17H2,(H,34,35,36). The van der Waals surface area contributed by atoms with Crippen molar-refractivity contribution >= 4 is 22.1 Å². The van der Waals surface area contributed by atoms with Crippen LogP contribution >= 0.6 is 0 Å². The highest BCUT2D eigenvalue weighted by atomic mass is 32.2. The van der Waals surface area contributed by atoms with E-state index < -0.39 is 68.5 Å². The maximum atomic E-state index is 13.8. The summed E-state index contributed by atoms with van der Waals surface area (Å²) >= 11 is 0. The van der Waals surface area contributed by atoms with Crippen LogP contribution in [-0.2, 0) is 30.6 Å². The molecule has 1 N–H and O–H groups in total. The Hall–Kier alpha value is -2.60. The van der Waals surface area contributed by atoms with Crippen molar-refractivity contribution in [3.63, 3.8) is 0 Å². The Morgan fingerprint density at radius 3 is 2.33 bits per heavy atom. The van der Waals surface area contributed by atoms with Crippen LogP contribution in [0.25, 0.3) is 0 Å². The smallest absolute Gasteiger partial charge is 0.419 e. The van der Waals surface area contributed by atoms with Gasteiger partial charge in [-0.15, -0.1) is 0 Å². The summed E-state index contributed by atoms with van der Waals surface area (Å²) in [6.07, 6.45) is 2.61. The van der Waals surface area contributed by atoms with E-state index in [1.54, 1.807) is 0 Å². The molecule has 0 saturated heterocycles. The molecule has 8 nitrogen and oxygen atoms in total. The molecular weight excluding hydrogens is 553 g/mol. The summed E-state index contributed by atoms with van der Waals surface area (Å²) in [4.78, 5) is 26.5. The molecule has 5 saturated carbocycles. The van der Waals surface area contributed by atoms with Crippen LogP contribution in [0, 0.1) is 17.3 Å². The number of carbonyl (C=O) groups excluding carboxylic acids is 2. The first kappa shape index (κ1) is 28.9. The summed E-state index contributed by atoms with van der Waals surface area (Å²) in [6, 6.07) is 2.98. The molecule has 5 aliphatic rings. The van der Waals surface area contributed by atoms with Gasteiger partial charge in [0.2, 0.25) is 0 Å². The minimum absolute atomic E-state index is 0.0827. The Labute approximate surface area is 231 Å². The van der Waals surface area contributed by atoms with Crippen molar-refractivity contribution in [2.45, 2.75) is 81.6 Å². The average molecular weight is 587 g/mol. The molecule has 0 aromatic heterocycles. The van der Waals surface area contributed by atoms with Crippen LogP contribution < -0.4 is 4.74 Å². The summed E-state index contributed by atoms with van der Waals surface area (Å²) in [5.41, 5.74) is -3.94. The molecule has 220 valence electrons. The van der Waals surface area contributed by atoms with Gasteiger partial charge >= 0.3 is 18.1 Å². The number of hydrogen-bond acceptors (Lipinski definition) is 7. The van der Waals surface area contributed by atoms with Crippen molar-refractivity contribution in [1.82, 2.24) is 0 Å². The van der Waals surface area contributed by atoms with E-state index in [9.17, 15) is 31.2 Å². The molecule has 6 rings (SSSR count). The number of ether oxygens (including phenoxy) is 3. The van der Waals surface area contributed by atoms with Gasteiger partial charge in [0.1, 0.15) is 29.3 Å². The normalized spacial score (nSPS) is 30.6. The van der Waals surface area contributed by atoms with E-state index in [2.05, 4.69) is 6.58 Å². The molecule has 1 aromatic carbocycles. The van der Waals surface area contributed by atoms with Gasteiger partial charge < -0.3 is 14.2 Å². The lowest BCUT2D eigenvalue weighted by Crippen LogP contribution is -2.60. The largest absolute Gasteiger partial charge is 0.483 e. The van der Waals surface area contributed by atoms with Gasteiger partial charge in [-0.3, -0.25) is 9.35 Å². The third-order valence-electron chi connectivity index (χ3n) is 8.98. The minimum Gasteiger partial charge on any atom is -0.483 e. The van der Waals surface area contributed by atoms with Crippen LogP contribution in [0.15, 0.2) is 30.9 Å². The molecule has 4 bridgehead atoms. The van der Waals surface area contributed by atoms with Crippen LogP contribution in [0.3, 0.4) is 0 Å². The zero-order valence-electron chi connectivity index (χ0n) is 22.0. The summed E-state index contributed by atoms with van der Waals surface area (Å²) in [5.74, 6) is -2.37. The Bertz CT molecular complexity index is 1280. The van der Waals surface area contributed by atoms with Crippen molar-refractivity contribution in [1.29, 1.82) is 0 Å². The van der Waals surface area contributed by atoms with Crippen LogP contribution in [0.1, 0.15) is 80.1 Å². The van der Waals surface area contributed by atoms with E-state index in [1.807, 2.05) is 0 Å². The predicted octanol–water partition coefficient (Wildman–Crippen LogP) is 5.51. The molecule has 12 heteroatoms. The van der Waals surface area contributed by atoms with Crippen molar-refractivity contribution in [3.05, 3.63) is 42.0 Å². The minimum atomic E-state index is -4.69. The van der Waals surface area contributed by atoms with E-state index in [-0.39, 0.29) is 23.8 Å². The summed E-state index contributed by atoms with van der Waals surface area (Å²) < 4.78 is 89.7. The van der Waals surface area contributed by atoms with E-state index >= 15 is 0 Å². The lowest BCUT2D eigenvalue weighted by atomic mass is 9.48. The summed E-state index contributed by atoms with van der Waals surface area (Å²) in [5, 5.41) is 0. The fourth-order valence-electron chi connectivity index (χ4n) is 7.69. The molecule has 2 unspecified atom stereocenters. The fraction of sp³-hybridized carbons (Fsp3) is 0.643. The van der Waals surface area contributed by atoms with E-state index in [0.29, 0.717) is 38.5 Å². The number of esters is 2. The van der Waals surface area contributed by atoms with Gasteiger partial charge in [0.25, 0.3) is 10.1 Å². The maximum Gasteiger partial charge on any atom is 0.419 e. The Morgan fingerprint density at radius 2 is 1.75 bits per heavy atom. The van der Waals surface area contributed by atoms with E-state index in [0.717, 1.165) is 37.5 Å². The van der Waals surface area contributed by atoms with Gasteiger partial charge in [0, 0.05) is 6.42 Å².